The molecule has 0 saturated heterocycles. The number of hydrogen-bond acceptors (Lipinski definition) is 3. The summed E-state index contributed by atoms with van der Waals surface area (Å²) in [6.07, 6.45) is 1.59. The van der Waals surface area contributed by atoms with Gasteiger partial charge >= 0.3 is 5.97 Å². The van der Waals surface area contributed by atoms with Gasteiger partial charge in [-0.25, -0.2) is 0 Å². The molecule has 120 valence electrons. The van der Waals surface area contributed by atoms with Crippen LogP contribution in [0, 0.1) is 0 Å². The minimum Gasteiger partial charge on any atom is -0.469 e. The van der Waals surface area contributed by atoms with E-state index < -0.39 is 0 Å². The average Bonchev–Trinajstić information content (AvgIpc) is 2.59. The van der Waals surface area contributed by atoms with Gasteiger partial charge in [-0.3, -0.25) is 9.59 Å². The number of benzene rings is 2. The second-order valence-electron chi connectivity index (χ2n) is 5.26. The van der Waals surface area contributed by atoms with Crippen LogP contribution >= 0.6 is 0 Å². The van der Waals surface area contributed by atoms with Gasteiger partial charge in [0, 0.05) is 18.5 Å². The van der Waals surface area contributed by atoms with Crippen molar-refractivity contribution >= 4 is 11.9 Å². The fourth-order valence-corrected chi connectivity index (χ4v) is 2.34. The van der Waals surface area contributed by atoms with Gasteiger partial charge in [0.15, 0.2) is 0 Å². The number of carbonyl (C=O) groups excluding carboxylic acids is 2. The molecular formula is C19H21NO3. The first-order valence-corrected chi connectivity index (χ1v) is 7.67. The SMILES string of the molecule is COC(=O)CCCNC(=O)c1ccccc1Cc1ccccc1. The quantitative estimate of drug-likeness (QED) is 0.632. The molecular weight excluding hydrogens is 290 g/mol. The van der Waals surface area contributed by atoms with Gasteiger partial charge in [-0.15, -0.1) is 0 Å². The van der Waals surface area contributed by atoms with E-state index in [0.29, 0.717) is 31.4 Å². The zero-order valence-corrected chi connectivity index (χ0v) is 13.2. The molecule has 1 N–H and O–H groups in total. The van der Waals surface area contributed by atoms with Crippen molar-refractivity contribution in [1.82, 2.24) is 5.32 Å². The third kappa shape index (κ3) is 5.25. The molecule has 2 aromatic carbocycles. The summed E-state index contributed by atoms with van der Waals surface area (Å²) in [6.45, 7) is 0.452. The van der Waals surface area contributed by atoms with E-state index in [9.17, 15) is 9.59 Å². The molecule has 4 heteroatoms. The highest BCUT2D eigenvalue weighted by atomic mass is 16.5. The second kappa shape index (κ2) is 8.73. The molecule has 0 aliphatic carbocycles. The van der Waals surface area contributed by atoms with E-state index in [2.05, 4.69) is 10.1 Å². The number of methoxy groups -OCH3 is 1. The summed E-state index contributed by atoms with van der Waals surface area (Å²) in [6, 6.07) is 17.6. The number of carbonyl (C=O) groups is 2. The van der Waals surface area contributed by atoms with Crippen LogP contribution in [0.5, 0.6) is 0 Å². The van der Waals surface area contributed by atoms with Gasteiger partial charge in [0.1, 0.15) is 0 Å². The highest BCUT2D eigenvalue weighted by Gasteiger charge is 2.11. The normalized spacial score (nSPS) is 10.1. The zero-order valence-electron chi connectivity index (χ0n) is 13.2. The minimum absolute atomic E-state index is 0.110. The molecule has 0 aliphatic rings. The molecule has 0 saturated carbocycles. The third-order valence-electron chi connectivity index (χ3n) is 3.57. The molecule has 0 unspecified atom stereocenters. The van der Waals surface area contributed by atoms with Crippen molar-refractivity contribution in [2.75, 3.05) is 13.7 Å². The van der Waals surface area contributed by atoms with Crippen molar-refractivity contribution in [3.8, 4) is 0 Å². The highest BCUT2D eigenvalue weighted by Crippen LogP contribution is 2.14. The van der Waals surface area contributed by atoms with E-state index in [0.717, 1.165) is 5.56 Å². The van der Waals surface area contributed by atoms with Gasteiger partial charge in [0.25, 0.3) is 5.91 Å². The fourth-order valence-electron chi connectivity index (χ4n) is 2.34. The van der Waals surface area contributed by atoms with Gasteiger partial charge in [0.05, 0.1) is 7.11 Å². The molecule has 0 atom stereocenters. The smallest absolute Gasteiger partial charge is 0.305 e. The second-order valence-corrected chi connectivity index (χ2v) is 5.26. The van der Waals surface area contributed by atoms with E-state index in [1.807, 2.05) is 54.6 Å². The number of amides is 1. The summed E-state index contributed by atoms with van der Waals surface area (Å²) in [5, 5.41) is 2.86. The summed E-state index contributed by atoms with van der Waals surface area (Å²) in [4.78, 5) is 23.4. The van der Waals surface area contributed by atoms with Crippen LogP contribution in [-0.2, 0) is 16.0 Å². The van der Waals surface area contributed by atoms with Crippen LogP contribution in [0.25, 0.3) is 0 Å². The molecule has 4 nitrogen and oxygen atoms in total. The Labute approximate surface area is 136 Å². The van der Waals surface area contributed by atoms with Crippen molar-refractivity contribution in [3.63, 3.8) is 0 Å². The van der Waals surface area contributed by atoms with Gasteiger partial charge in [-0.05, 0) is 30.0 Å². The van der Waals surface area contributed by atoms with Crippen molar-refractivity contribution < 1.29 is 14.3 Å². The zero-order chi connectivity index (χ0) is 16.5. The lowest BCUT2D eigenvalue weighted by Gasteiger charge is -2.10. The first kappa shape index (κ1) is 16.7. The first-order valence-electron chi connectivity index (χ1n) is 7.67. The molecule has 1 amide bonds. The molecule has 0 bridgehead atoms. The van der Waals surface area contributed by atoms with Gasteiger partial charge < -0.3 is 10.1 Å². The summed E-state index contributed by atoms with van der Waals surface area (Å²) in [5.41, 5.74) is 2.83. The monoisotopic (exact) mass is 311 g/mol. The summed E-state index contributed by atoms with van der Waals surface area (Å²) in [7, 11) is 1.36. The van der Waals surface area contributed by atoms with Crippen LogP contribution in [0.2, 0.25) is 0 Å². The van der Waals surface area contributed by atoms with Gasteiger partial charge in [-0.1, -0.05) is 48.5 Å². The standard InChI is InChI=1S/C19H21NO3/c1-23-18(21)12-7-13-20-19(22)17-11-6-5-10-16(17)14-15-8-3-2-4-9-15/h2-6,8-11H,7,12-14H2,1H3,(H,20,22). The first-order chi connectivity index (χ1) is 11.2. The van der Waals surface area contributed by atoms with Gasteiger partial charge in [-0.2, -0.15) is 0 Å². The maximum absolute atomic E-state index is 12.3. The Morgan fingerprint density at radius 3 is 2.43 bits per heavy atom. The van der Waals surface area contributed by atoms with E-state index in [1.165, 1.54) is 12.7 Å². The molecule has 23 heavy (non-hydrogen) atoms. The van der Waals surface area contributed by atoms with Crippen molar-refractivity contribution in [1.29, 1.82) is 0 Å². The van der Waals surface area contributed by atoms with Crippen molar-refractivity contribution in [2.45, 2.75) is 19.3 Å². The predicted molar refractivity (Wildman–Crippen MR) is 89.3 cm³/mol. The molecule has 0 aromatic heterocycles. The lowest BCUT2D eigenvalue weighted by atomic mass is 9.99. The molecule has 0 radical (unpaired) electrons. The Morgan fingerprint density at radius 2 is 1.70 bits per heavy atom. The van der Waals surface area contributed by atoms with Gasteiger partial charge in [0.2, 0.25) is 0 Å². The molecule has 0 spiro atoms. The summed E-state index contributed by atoms with van der Waals surface area (Å²) >= 11 is 0. The number of ether oxygens (including phenoxy) is 1. The molecule has 0 aliphatic heterocycles. The van der Waals surface area contributed by atoms with E-state index in [1.54, 1.807) is 0 Å². The maximum atomic E-state index is 12.3. The number of nitrogens with one attached hydrogen (secondary N) is 1. The highest BCUT2D eigenvalue weighted by molar-refractivity contribution is 5.95. The lowest BCUT2D eigenvalue weighted by Crippen LogP contribution is -2.26. The Bertz CT molecular complexity index is 653. The van der Waals surface area contributed by atoms with E-state index in [4.69, 9.17) is 0 Å². The Morgan fingerprint density at radius 1 is 1.00 bits per heavy atom. The van der Waals surface area contributed by atoms with Crippen LogP contribution in [0.15, 0.2) is 54.6 Å². The molecule has 0 fully saturated rings. The van der Waals surface area contributed by atoms with Crippen LogP contribution < -0.4 is 5.32 Å². The minimum atomic E-state index is -0.260. The van der Waals surface area contributed by atoms with Crippen LogP contribution in [0.1, 0.15) is 34.3 Å². The Hall–Kier alpha value is -2.62. The fraction of sp³-hybridized carbons (Fsp3) is 0.263. The van der Waals surface area contributed by atoms with Crippen molar-refractivity contribution in [2.24, 2.45) is 0 Å². The van der Waals surface area contributed by atoms with Crippen LogP contribution in [0.4, 0.5) is 0 Å². The predicted octanol–water partition coefficient (Wildman–Crippen LogP) is 2.96. The lowest BCUT2D eigenvalue weighted by molar-refractivity contribution is -0.140. The topological polar surface area (TPSA) is 55.4 Å². The maximum Gasteiger partial charge on any atom is 0.305 e. The molecule has 2 aromatic rings. The number of esters is 1. The summed E-state index contributed by atoms with van der Waals surface area (Å²) < 4.78 is 4.58. The third-order valence-corrected chi connectivity index (χ3v) is 3.57. The van der Waals surface area contributed by atoms with E-state index in [-0.39, 0.29) is 11.9 Å². The molecule has 2 rings (SSSR count). The number of hydrogen-bond donors (Lipinski definition) is 1. The summed E-state index contributed by atoms with van der Waals surface area (Å²) in [5.74, 6) is -0.370. The van der Waals surface area contributed by atoms with Crippen molar-refractivity contribution in [3.05, 3.63) is 71.3 Å². The Kier molecular flexibility index (Phi) is 6.36. The average molecular weight is 311 g/mol. The van der Waals surface area contributed by atoms with E-state index >= 15 is 0 Å². The largest absolute Gasteiger partial charge is 0.469 e. The molecule has 0 heterocycles. The Balaban J connectivity index is 1.96. The van der Waals surface area contributed by atoms with Crippen LogP contribution in [-0.4, -0.2) is 25.5 Å². The number of rotatable bonds is 7. The van der Waals surface area contributed by atoms with Crippen LogP contribution in [0.3, 0.4) is 0 Å².